The van der Waals surface area contributed by atoms with Crippen molar-refractivity contribution in [2.45, 2.75) is 0 Å². The van der Waals surface area contributed by atoms with Crippen molar-refractivity contribution in [2.24, 2.45) is 0 Å². The Morgan fingerprint density at radius 3 is 1.78 bits per heavy atom. The van der Waals surface area contributed by atoms with Crippen LogP contribution in [0.5, 0.6) is 0 Å². The molecule has 3 nitrogen and oxygen atoms in total. The van der Waals surface area contributed by atoms with Gasteiger partial charge < -0.3 is 9.32 Å². The largest absolute Gasteiger partial charge is 0.456 e. The van der Waals surface area contributed by atoms with Gasteiger partial charge in [0.05, 0.1) is 10.2 Å². The van der Waals surface area contributed by atoms with Gasteiger partial charge in [-0.2, -0.15) is 0 Å². The third-order valence-corrected chi connectivity index (χ3v) is 11.8. The van der Waals surface area contributed by atoms with Crippen LogP contribution in [0.15, 0.2) is 199 Å². The first-order valence-corrected chi connectivity index (χ1v) is 19.3. The number of hydrogen-bond acceptors (Lipinski definition) is 4. The minimum Gasteiger partial charge on any atom is -0.456 e. The quantitative estimate of drug-likeness (QED) is 0.160. The average molecular weight is 721 g/mol. The molecule has 0 atom stereocenters. The van der Waals surface area contributed by atoms with Gasteiger partial charge in [0.1, 0.15) is 16.2 Å². The van der Waals surface area contributed by atoms with E-state index < -0.39 is 0 Å². The summed E-state index contributed by atoms with van der Waals surface area (Å²) in [6.07, 6.45) is 0. The molecule has 0 saturated heterocycles. The normalized spacial score (nSPS) is 11.6. The number of benzene rings is 9. The molecule has 0 saturated carbocycles. The van der Waals surface area contributed by atoms with Crippen LogP contribution in [0.4, 0.5) is 17.1 Å². The Morgan fingerprint density at radius 2 is 1.02 bits per heavy atom. The molecule has 2 aromatic heterocycles. The summed E-state index contributed by atoms with van der Waals surface area (Å²) in [7, 11) is 0. The summed E-state index contributed by atoms with van der Waals surface area (Å²) in [5.74, 6) is 0. The van der Waals surface area contributed by atoms with Crippen molar-refractivity contribution in [3.8, 4) is 32.8 Å². The van der Waals surface area contributed by atoms with E-state index in [-0.39, 0.29) is 0 Å². The molecule has 0 aliphatic rings. The molecule has 0 aliphatic heterocycles. The SMILES string of the molecule is c1ccc(-c2nc3ccc4oc5ccc(-c6ccc(N(c7ccccc7)c7ccc(-c8cc9ccccc9c9ccccc89)cc7)cc6)cc5c4c3s2)cc1. The van der Waals surface area contributed by atoms with E-state index in [1.807, 2.05) is 6.07 Å². The van der Waals surface area contributed by atoms with E-state index in [9.17, 15) is 0 Å². The number of nitrogens with zero attached hydrogens (tertiary/aromatic N) is 2. The zero-order valence-electron chi connectivity index (χ0n) is 29.7. The second-order valence-corrected chi connectivity index (χ2v) is 14.9. The van der Waals surface area contributed by atoms with Gasteiger partial charge >= 0.3 is 0 Å². The summed E-state index contributed by atoms with van der Waals surface area (Å²) in [6.45, 7) is 0. The van der Waals surface area contributed by atoms with Gasteiger partial charge in [-0.15, -0.1) is 11.3 Å². The number of thiazole rings is 1. The summed E-state index contributed by atoms with van der Waals surface area (Å²) < 4.78 is 7.52. The first kappa shape index (κ1) is 31.5. The fourth-order valence-electron chi connectivity index (χ4n) is 8.04. The summed E-state index contributed by atoms with van der Waals surface area (Å²) in [4.78, 5) is 7.31. The first-order chi connectivity index (χ1) is 27.2. The van der Waals surface area contributed by atoms with Gasteiger partial charge in [0.25, 0.3) is 0 Å². The highest BCUT2D eigenvalue weighted by molar-refractivity contribution is 7.22. The minimum absolute atomic E-state index is 0.882. The second-order valence-electron chi connectivity index (χ2n) is 13.9. The van der Waals surface area contributed by atoms with Crippen molar-refractivity contribution in [1.82, 2.24) is 4.98 Å². The van der Waals surface area contributed by atoms with Gasteiger partial charge in [0.2, 0.25) is 0 Å². The van der Waals surface area contributed by atoms with Gasteiger partial charge in [0.15, 0.2) is 0 Å². The van der Waals surface area contributed by atoms with Crippen LogP contribution < -0.4 is 4.90 Å². The van der Waals surface area contributed by atoms with Crippen molar-refractivity contribution in [3.63, 3.8) is 0 Å². The smallest absolute Gasteiger partial charge is 0.137 e. The number of hydrogen-bond donors (Lipinski definition) is 0. The fourth-order valence-corrected chi connectivity index (χ4v) is 9.16. The number of aromatic nitrogens is 1. The third kappa shape index (κ3) is 5.38. The molecule has 258 valence electrons. The molecule has 11 rings (SSSR count). The summed E-state index contributed by atoms with van der Waals surface area (Å²) in [5.41, 5.74) is 11.9. The maximum absolute atomic E-state index is 6.36. The maximum atomic E-state index is 6.36. The molecule has 0 spiro atoms. The van der Waals surface area contributed by atoms with Crippen molar-refractivity contribution in [1.29, 1.82) is 0 Å². The second kappa shape index (κ2) is 12.8. The van der Waals surface area contributed by atoms with E-state index in [0.29, 0.717) is 0 Å². The molecule has 9 aromatic carbocycles. The van der Waals surface area contributed by atoms with Crippen LogP contribution in [0.1, 0.15) is 0 Å². The number of furan rings is 1. The molecule has 11 aromatic rings. The summed E-state index contributed by atoms with van der Waals surface area (Å²) in [5, 5.41) is 8.32. The zero-order valence-corrected chi connectivity index (χ0v) is 30.5. The lowest BCUT2D eigenvalue weighted by atomic mass is 9.93. The number of para-hydroxylation sites is 1. The molecule has 0 bridgehead atoms. The molecular formula is C51H32N2OS. The monoisotopic (exact) mass is 720 g/mol. The molecule has 0 aliphatic carbocycles. The van der Waals surface area contributed by atoms with Gasteiger partial charge in [0, 0.05) is 33.4 Å². The predicted octanol–water partition coefficient (Wildman–Crippen LogP) is 15.0. The molecule has 0 N–H and O–H groups in total. The van der Waals surface area contributed by atoms with Gasteiger partial charge in [-0.05, 0) is 111 Å². The lowest BCUT2D eigenvalue weighted by Gasteiger charge is -2.26. The van der Waals surface area contributed by atoms with E-state index in [4.69, 9.17) is 9.40 Å². The van der Waals surface area contributed by atoms with Crippen LogP contribution in [-0.2, 0) is 0 Å². The van der Waals surface area contributed by atoms with Gasteiger partial charge in [-0.3, -0.25) is 0 Å². The molecule has 0 fully saturated rings. The standard InChI is InChI=1S/C51H32N2OS/c1-3-11-35(12-4-1)51-52-46-28-30-48-49(50(46)55-51)45-31-36(23-29-47(45)54-48)33-19-24-39(25-20-33)53(38-14-5-2-6-15-38)40-26-21-34(22-27-40)44-32-37-13-7-8-16-41(37)42-17-9-10-18-43(42)44/h1-32H. The minimum atomic E-state index is 0.882. The number of anilines is 3. The Balaban J connectivity index is 0.965. The van der Waals surface area contributed by atoms with Crippen LogP contribution in [-0.4, -0.2) is 4.98 Å². The summed E-state index contributed by atoms with van der Waals surface area (Å²) in [6, 6.07) is 69.2. The lowest BCUT2D eigenvalue weighted by molar-refractivity contribution is 0.669. The predicted molar refractivity (Wildman–Crippen MR) is 233 cm³/mol. The Labute approximate surface area is 322 Å². The van der Waals surface area contributed by atoms with Crippen LogP contribution in [0.2, 0.25) is 0 Å². The fraction of sp³-hybridized carbons (Fsp3) is 0. The average Bonchev–Trinajstić information content (AvgIpc) is 3.86. The summed E-state index contributed by atoms with van der Waals surface area (Å²) >= 11 is 1.73. The van der Waals surface area contributed by atoms with Crippen LogP contribution in [0.3, 0.4) is 0 Å². The molecule has 0 unspecified atom stereocenters. The third-order valence-electron chi connectivity index (χ3n) is 10.7. The Morgan fingerprint density at radius 1 is 0.418 bits per heavy atom. The van der Waals surface area contributed by atoms with E-state index in [0.717, 1.165) is 70.9 Å². The van der Waals surface area contributed by atoms with Crippen molar-refractivity contribution >= 4 is 82.1 Å². The molecule has 0 radical (unpaired) electrons. The molecule has 0 amide bonds. The van der Waals surface area contributed by atoms with Gasteiger partial charge in [-0.1, -0.05) is 127 Å². The van der Waals surface area contributed by atoms with Crippen LogP contribution >= 0.6 is 11.3 Å². The molecular weight excluding hydrogens is 689 g/mol. The van der Waals surface area contributed by atoms with E-state index in [2.05, 4.69) is 193 Å². The Bertz CT molecular complexity index is 3180. The highest BCUT2D eigenvalue weighted by Crippen LogP contribution is 2.42. The topological polar surface area (TPSA) is 29.3 Å². The molecule has 4 heteroatoms. The van der Waals surface area contributed by atoms with Crippen LogP contribution in [0, 0.1) is 0 Å². The maximum Gasteiger partial charge on any atom is 0.137 e. The highest BCUT2D eigenvalue weighted by Gasteiger charge is 2.17. The van der Waals surface area contributed by atoms with Crippen molar-refractivity contribution in [2.75, 3.05) is 4.90 Å². The van der Waals surface area contributed by atoms with Gasteiger partial charge in [-0.25, -0.2) is 4.98 Å². The van der Waals surface area contributed by atoms with Crippen molar-refractivity contribution < 1.29 is 4.42 Å². The number of fused-ring (bicyclic) bond motifs is 8. The Kier molecular flexibility index (Phi) is 7.35. The molecule has 2 heterocycles. The molecule has 55 heavy (non-hydrogen) atoms. The zero-order chi connectivity index (χ0) is 36.3. The van der Waals surface area contributed by atoms with Crippen molar-refractivity contribution in [3.05, 3.63) is 194 Å². The van der Waals surface area contributed by atoms with Crippen LogP contribution in [0.25, 0.3) is 86.5 Å². The number of rotatable bonds is 6. The first-order valence-electron chi connectivity index (χ1n) is 18.5. The van der Waals surface area contributed by atoms with E-state index >= 15 is 0 Å². The lowest BCUT2D eigenvalue weighted by Crippen LogP contribution is -2.09. The highest BCUT2D eigenvalue weighted by atomic mass is 32.1. The van der Waals surface area contributed by atoms with E-state index in [1.54, 1.807) is 11.3 Å². The van der Waals surface area contributed by atoms with E-state index in [1.165, 1.54) is 32.7 Å². The Hall–Kier alpha value is -7.01.